The lowest BCUT2D eigenvalue weighted by Crippen LogP contribution is -2.38. The van der Waals surface area contributed by atoms with E-state index >= 15 is 0 Å². The van der Waals surface area contributed by atoms with Crippen LogP contribution in [-0.2, 0) is 4.79 Å². The summed E-state index contributed by atoms with van der Waals surface area (Å²) in [7, 11) is 0. The first-order chi connectivity index (χ1) is 5.74. The van der Waals surface area contributed by atoms with Gasteiger partial charge in [-0.2, -0.15) is 0 Å². The molecule has 1 amide bonds. The van der Waals surface area contributed by atoms with Crippen LogP contribution in [0.3, 0.4) is 0 Å². The van der Waals surface area contributed by atoms with Crippen molar-refractivity contribution in [3.05, 3.63) is 0 Å². The van der Waals surface area contributed by atoms with Crippen LogP contribution in [0.1, 0.15) is 32.6 Å². The highest BCUT2D eigenvalue weighted by atomic mass is 35.5. The maximum absolute atomic E-state index is 11.4. The van der Waals surface area contributed by atoms with Gasteiger partial charge in [0.05, 0.1) is 0 Å². The van der Waals surface area contributed by atoms with Gasteiger partial charge in [0, 0.05) is 24.9 Å². The predicted molar refractivity (Wildman–Crippen MR) is 50.4 cm³/mol. The summed E-state index contributed by atoms with van der Waals surface area (Å²) in [5.41, 5.74) is 0. The van der Waals surface area contributed by atoms with Gasteiger partial charge in [0.1, 0.15) is 0 Å². The third-order valence-corrected chi connectivity index (χ3v) is 2.68. The highest BCUT2D eigenvalue weighted by Gasteiger charge is 2.20. The summed E-state index contributed by atoms with van der Waals surface area (Å²) in [4.78, 5) is 13.3. The van der Waals surface area contributed by atoms with Gasteiger partial charge in [-0.25, -0.2) is 0 Å². The average molecular weight is 190 g/mol. The summed E-state index contributed by atoms with van der Waals surface area (Å²) < 4.78 is 0. The third kappa shape index (κ3) is 2.67. The maximum Gasteiger partial charge on any atom is 0.222 e. The van der Waals surface area contributed by atoms with Crippen molar-refractivity contribution in [3.63, 3.8) is 0 Å². The highest BCUT2D eigenvalue weighted by molar-refractivity contribution is 6.20. The summed E-state index contributed by atoms with van der Waals surface area (Å²) in [6, 6.07) is 0. The van der Waals surface area contributed by atoms with Crippen molar-refractivity contribution in [3.8, 4) is 0 Å². The molecule has 1 aliphatic heterocycles. The number of amides is 1. The largest absolute Gasteiger partial charge is 0.343 e. The Morgan fingerprint density at radius 2 is 2.08 bits per heavy atom. The second kappa shape index (κ2) is 4.70. The molecule has 12 heavy (non-hydrogen) atoms. The Morgan fingerprint density at radius 1 is 1.50 bits per heavy atom. The fourth-order valence-corrected chi connectivity index (χ4v) is 1.66. The van der Waals surface area contributed by atoms with Crippen LogP contribution in [-0.4, -0.2) is 29.3 Å². The van der Waals surface area contributed by atoms with Gasteiger partial charge in [0.15, 0.2) is 0 Å². The van der Waals surface area contributed by atoms with E-state index in [-0.39, 0.29) is 5.38 Å². The van der Waals surface area contributed by atoms with Gasteiger partial charge >= 0.3 is 0 Å². The summed E-state index contributed by atoms with van der Waals surface area (Å²) in [5, 5.41) is 0.288. The third-order valence-electron chi connectivity index (χ3n) is 2.24. The standard InChI is InChI=1S/C9H16ClNO/c1-2-3-9(12)11-6-4-8(10)5-7-11/h8H,2-7H2,1H3. The van der Waals surface area contributed by atoms with E-state index in [9.17, 15) is 4.79 Å². The lowest BCUT2D eigenvalue weighted by molar-refractivity contribution is -0.132. The number of carbonyl (C=O) groups excluding carboxylic acids is 1. The van der Waals surface area contributed by atoms with Crippen molar-refractivity contribution in [2.75, 3.05) is 13.1 Å². The molecule has 0 unspecified atom stereocenters. The van der Waals surface area contributed by atoms with Crippen molar-refractivity contribution in [2.45, 2.75) is 38.0 Å². The Balaban J connectivity index is 2.29. The molecule has 70 valence electrons. The minimum atomic E-state index is 0.288. The molecule has 0 aromatic carbocycles. The highest BCUT2D eigenvalue weighted by Crippen LogP contribution is 2.16. The number of rotatable bonds is 2. The minimum absolute atomic E-state index is 0.288. The van der Waals surface area contributed by atoms with Crippen LogP contribution in [0.2, 0.25) is 0 Å². The number of carbonyl (C=O) groups is 1. The molecule has 1 heterocycles. The Morgan fingerprint density at radius 3 is 2.58 bits per heavy atom. The normalized spacial score (nSPS) is 19.7. The zero-order valence-electron chi connectivity index (χ0n) is 7.55. The molecule has 1 fully saturated rings. The lowest BCUT2D eigenvalue weighted by atomic mass is 10.1. The van der Waals surface area contributed by atoms with E-state index in [4.69, 9.17) is 11.6 Å². The average Bonchev–Trinajstić information content (AvgIpc) is 2.06. The van der Waals surface area contributed by atoms with Crippen LogP contribution in [0.5, 0.6) is 0 Å². The number of hydrogen-bond acceptors (Lipinski definition) is 1. The first kappa shape index (κ1) is 9.85. The lowest BCUT2D eigenvalue weighted by Gasteiger charge is -2.29. The van der Waals surface area contributed by atoms with Gasteiger partial charge in [-0.3, -0.25) is 4.79 Å². The fourth-order valence-electron chi connectivity index (χ4n) is 1.47. The molecule has 0 aliphatic carbocycles. The molecule has 2 nitrogen and oxygen atoms in total. The zero-order valence-corrected chi connectivity index (χ0v) is 8.31. The molecule has 0 radical (unpaired) electrons. The fraction of sp³-hybridized carbons (Fsp3) is 0.889. The van der Waals surface area contributed by atoms with Gasteiger partial charge in [0.25, 0.3) is 0 Å². The zero-order chi connectivity index (χ0) is 8.97. The van der Waals surface area contributed by atoms with Crippen LogP contribution in [0.15, 0.2) is 0 Å². The molecular weight excluding hydrogens is 174 g/mol. The van der Waals surface area contributed by atoms with Crippen molar-refractivity contribution < 1.29 is 4.79 Å². The van der Waals surface area contributed by atoms with Crippen molar-refractivity contribution in [1.82, 2.24) is 4.90 Å². The van der Waals surface area contributed by atoms with E-state index in [1.165, 1.54) is 0 Å². The van der Waals surface area contributed by atoms with E-state index in [2.05, 4.69) is 0 Å². The first-order valence-corrected chi connectivity index (χ1v) is 5.09. The first-order valence-electron chi connectivity index (χ1n) is 4.66. The van der Waals surface area contributed by atoms with Crippen molar-refractivity contribution in [2.24, 2.45) is 0 Å². The molecule has 1 saturated heterocycles. The predicted octanol–water partition coefficient (Wildman–Crippen LogP) is 2.02. The van der Waals surface area contributed by atoms with Gasteiger partial charge in [-0.05, 0) is 19.3 Å². The molecule has 0 atom stereocenters. The number of likely N-dealkylation sites (tertiary alicyclic amines) is 1. The molecule has 1 aliphatic rings. The Hall–Kier alpha value is -0.240. The van der Waals surface area contributed by atoms with Crippen LogP contribution in [0, 0.1) is 0 Å². The number of piperidine rings is 1. The number of nitrogens with zero attached hydrogens (tertiary/aromatic N) is 1. The summed E-state index contributed by atoms with van der Waals surface area (Å²) in [6.07, 6.45) is 3.54. The topological polar surface area (TPSA) is 20.3 Å². The molecule has 0 aromatic heterocycles. The number of halogens is 1. The van der Waals surface area contributed by atoms with Crippen molar-refractivity contribution in [1.29, 1.82) is 0 Å². The Labute approximate surface area is 78.9 Å². The molecule has 0 saturated carbocycles. The number of alkyl halides is 1. The number of hydrogen-bond donors (Lipinski definition) is 0. The molecule has 1 rings (SSSR count). The van der Waals surface area contributed by atoms with Crippen LogP contribution in [0.4, 0.5) is 0 Å². The van der Waals surface area contributed by atoms with Crippen LogP contribution in [0.25, 0.3) is 0 Å². The van der Waals surface area contributed by atoms with E-state index in [0.717, 1.165) is 32.4 Å². The van der Waals surface area contributed by atoms with E-state index in [1.807, 2.05) is 11.8 Å². The van der Waals surface area contributed by atoms with Gasteiger partial charge in [-0.1, -0.05) is 6.92 Å². The van der Waals surface area contributed by atoms with E-state index < -0.39 is 0 Å². The van der Waals surface area contributed by atoms with Gasteiger partial charge in [0.2, 0.25) is 5.91 Å². The molecule has 0 spiro atoms. The molecule has 0 N–H and O–H groups in total. The SMILES string of the molecule is CCCC(=O)N1CCC(Cl)CC1. The molecule has 0 aromatic rings. The minimum Gasteiger partial charge on any atom is -0.343 e. The van der Waals surface area contributed by atoms with E-state index in [1.54, 1.807) is 0 Å². The second-order valence-corrected chi connectivity index (χ2v) is 3.92. The van der Waals surface area contributed by atoms with Gasteiger partial charge in [-0.15, -0.1) is 11.6 Å². The van der Waals surface area contributed by atoms with Crippen LogP contribution >= 0.6 is 11.6 Å². The maximum atomic E-state index is 11.4. The van der Waals surface area contributed by atoms with Crippen molar-refractivity contribution >= 4 is 17.5 Å². The second-order valence-electron chi connectivity index (χ2n) is 3.31. The molecule has 0 bridgehead atoms. The Kier molecular flexibility index (Phi) is 3.86. The Bertz CT molecular complexity index is 153. The molecular formula is C9H16ClNO. The smallest absolute Gasteiger partial charge is 0.222 e. The van der Waals surface area contributed by atoms with E-state index in [0.29, 0.717) is 12.3 Å². The van der Waals surface area contributed by atoms with Crippen LogP contribution < -0.4 is 0 Å². The summed E-state index contributed by atoms with van der Waals surface area (Å²) >= 11 is 5.93. The van der Waals surface area contributed by atoms with Gasteiger partial charge < -0.3 is 4.90 Å². The monoisotopic (exact) mass is 189 g/mol. The summed E-state index contributed by atoms with van der Waals surface area (Å²) in [6.45, 7) is 3.74. The summed E-state index contributed by atoms with van der Waals surface area (Å²) in [5.74, 6) is 0.293. The quantitative estimate of drug-likeness (QED) is 0.609. The molecule has 3 heteroatoms.